The predicted molar refractivity (Wildman–Crippen MR) is 107 cm³/mol. The van der Waals surface area contributed by atoms with E-state index in [9.17, 15) is 24.3 Å². The van der Waals surface area contributed by atoms with Gasteiger partial charge in [0.15, 0.2) is 18.0 Å². The fourth-order valence-corrected chi connectivity index (χ4v) is 3.04. The quantitative estimate of drug-likeness (QED) is 0.552. The average molecular weight is 424 g/mol. The van der Waals surface area contributed by atoms with Gasteiger partial charge in [-0.05, 0) is 36.4 Å². The van der Waals surface area contributed by atoms with E-state index in [2.05, 4.69) is 0 Å². The molecule has 2 aromatic carbocycles. The molecular weight excluding hydrogens is 404 g/mol. The topological polar surface area (TPSA) is 116 Å². The monoisotopic (exact) mass is 424 g/mol. The van der Waals surface area contributed by atoms with Crippen LogP contribution in [0.1, 0.15) is 27.6 Å². The molecule has 1 aliphatic rings. The Balaban J connectivity index is 1.82. The fraction of sp³-hybridized carbons (Fsp3) is 0.217. The second kappa shape index (κ2) is 9.36. The molecule has 0 aliphatic heterocycles. The van der Waals surface area contributed by atoms with Gasteiger partial charge >= 0.3 is 17.9 Å². The van der Waals surface area contributed by atoms with Crippen molar-refractivity contribution < 1.29 is 38.5 Å². The number of ether oxygens (including phenoxy) is 3. The Bertz CT molecular complexity index is 999. The van der Waals surface area contributed by atoms with Crippen molar-refractivity contribution in [3.8, 4) is 0 Å². The maximum Gasteiger partial charge on any atom is 0.338 e. The van der Waals surface area contributed by atoms with E-state index in [0.29, 0.717) is 0 Å². The van der Waals surface area contributed by atoms with Crippen molar-refractivity contribution in [3.63, 3.8) is 0 Å². The molecule has 2 aromatic rings. The Morgan fingerprint density at radius 1 is 0.903 bits per heavy atom. The molecule has 0 fully saturated rings. The van der Waals surface area contributed by atoms with Gasteiger partial charge in [0.1, 0.15) is 6.61 Å². The van der Waals surface area contributed by atoms with Crippen molar-refractivity contribution in [2.75, 3.05) is 6.61 Å². The van der Waals surface area contributed by atoms with Gasteiger partial charge in [0.2, 0.25) is 5.60 Å². The summed E-state index contributed by atoms with van der Waals surface area (Å²) in [5.41, 5.74) is -2.00. The van der Waals surface area contributed by atoms with Gasteiger partial charge < -0.3 is 19.3 Å². The summed E-state index contributed by atoms with van der Waals surface area (Å²) in [6.45, 7) is 0.274. The minimum atomic E-state index is -2.44. The fourth-order valence-electron chi connectivity index (χ4n) is 3.04. The number of carbonyl (C=O) groups excluding carboxylic acids is 4. The Labute approximate surface area is 178 Å². The molecule has 8 heteroatoms. The lowest BCUT2D eigenvalue weighted by atomic mass is 9.83. The molecule has 0 heterocycles. The first-order chi connectivity index (χ1) is 14.8. The van der Waals surface area contributed by atoms with Crippen LogP contribution >= 0.6 is 0 Å². The highest BCUT2D eigenvalue weighted by Crippen LogP contribution is 2.28. The molecule has 0 saturated carbocycles. The van der Waals surface area contributed by atoms with Crippen molar-refractivity contribution in [1.82, 2.24) is 0 Å². The van der Waals surface area contributed by atoms with Gasteiger partial charge in [-0.15, -0.1) is 0 Å². The molecule has 1 aliphatic carbocycles. The summed E-state index contributed by atoms with van der Waals surface area (Å²) in [4.78, 5) is 48.8. The van der Waals surface area contributed by atoms with E-state index in [4.69, 9.17) is 14.2 Å². The van der Waals surface area contributed by atoms with Crippen LogP contribution in [0.2, 0.25) is 0 Å². The van der Waals surface area contributed by atoms with Crippen LogP contribution in [0.25, 0.3) is 0 Å². The zero-order valence-electron chi connectivity index (χ0n) is 16.6. The van der Waals surface area contributed by atoms with Crippen LogP contribution in [0, 0.1) is 0 Å². The van der Waals surface area contributed by atoms with E-state index in [0.717, 1.165) is 13.0 Å². The van der Waals surface area contributed by atoms with Crippen molar-refractivity contribution in [2.45, 2.75) is 24.7 Å². The zero-order chi connectivity index (χ0) is 22.4. The van der Waals surface area contributed by atoms with Crippen molar-refractivity contribution in [3.05, 3.63) is 83.9 Å². The predicted octanol–water partition coefficient (Wildman–Crippen LogP) is 1.87. The number of aliphatic hydroxyl groups is 1. The maximum atomic E-state index is 12.5. The summed E-state index contributed by atoms with van der Waals surface area (Å²) in [5, 5.41) is 11.1. The second-order valence-electron chi connectivity index (χ2n) is 6.86. The largest absolute Gasteiger partial charge is 0.458 e. The third kappa shape index (κ3) is 5.04. The highest BCUT2D eigenvalue weighted by molar-refractivity contribution is 6.00. The highest BCUT2D eigenvalue weighted by Gasteiger charge is 2.53. The van der Waals surface area contributed by atoms with Gasteiger partial charge in [0.25, 0.3) is 0 Å². The lowest BCUT2D eigenvalue weighted by Crippen LogP contribution is -2.61. The average Bonchev–Trinajstić information content (AvgIpc) is 2.78. The number of ketones is 1. The molecule has 0 amide bonds. The van der Waals surface area contributed by atoms with Gasteiger partial charge in [-0.3, -0.25) is 9.59 Å². The molecular formula is C23H20O8. The van der Waals surface area contributed by atoms with Crippen LogP contribution in [-0.4, -0.2) is 53.2 Å². The molecule has 0 bridgehead atoms. The highest BCUT2D eigenvalue weighted by atomic mass is 16.6. The zero-order valence-corrected chi connectivity index (χ0v) is 16.6. The van der Waals surface area contributed by atoms with Gasteiger partial charge in [0.05, 0.1) is 11.1 Å². The first-order valence-electron chi connectivity index (χ1n) is 9.41. The van der Waals surface area contributed by atoms with Crippen molar-refractivity contribution in [2.24, 2.45) is 0 Å². The summed E-state index contributed by atoms with van der Waals surface area (Å²) in [6.07, 6.45) is -0.683. The summed E-state index contributed by atoms with van der Waals surface area (Å²) in [5.74, 6) is -3.20. The molecule has 0 aromatic heterocycles. The Hall–Kier alpha value is -3.78. The molecule has 3 rings (SSSR count). The van der Waals surface area contributed by atoms with E-state index in [1.807, 2.05) is 0 Å². The van der Waals surface area contributed by atoms with Crippen LogP contribution in [0.5, 0.6) is 0 Å². The second-order valence-corrected chi connectivity index (χ2v) is 6.86. The van der Waals surface area contributed by atoms with Crippen molar-refractivity contribution >= 4 is 23.7 Å². The third-order valence-electron chi connectivity index (χ3n) is 4.61. The van der Waals surface area contributed by atoms with E-state index >= 15 is 0 Å². The van der Waals surface area contributed by atoms with Crippen LogP contribution in [-0.2, 0) is 23.8 Å². The van der Waals surface area contributed by atoms with E-state index < -0.39 is 48.1 Å². The number of carbonyl (C=O) groups is 4. The van der Waals surface area contributed by atoms with Gasteiger partial charge in [0, 0.05) is 6.92 Å². The van der Waals surface area contributed by atoms with Crippen LogP contribution in [0.15, 0.2) is 72.8 Å². The lowest BCUT2D eigenvalue weighted by molar-refractivity contribution is -0.186. The van der Waals surface area contributed by atoms with E-state index in [1.165, 1.54) is 30.3 Å². The first-order valence-corrected chi connectivity index (χ1v) is 9.41. The van der Waals surface area contributed by atoms with Crippen molar-refractivity contribution in [1.29, 1.82) is 0 Å². The molecule has 160 valence electrons. The molecule has 8 nitrogen and oxygen atoms in total. The number of hydrogen-bond acceptors (Lipinski definition) is 8. The molecule has 0 radical (unpaired) electrons. The smallest absolute Gasteiger partial charge is 0.338 e. The standard InChI is InChI=1S/C23H20O8/c1-15(24)30-20-18(31-22(27)17-10-6-3-7-11-17)12-13-19(25)23(20,28)14-29-21(26)16-8-4-2-5-9-16/h2-13,18,20,28H,14H2,1H3. The summed E-state index contributed by atoms with van der Waals surface area (Å²) in [6, 6.07) is 16.0. The Morgan fingerprint density at radius 2 is 1.45 bits per heavy atom. The van der Waals surface area contributed by atoms with Gasteiger partial charge in [-0.2, -0.15) is 0 Å². The lowest BCUT2D eigenvalue weighted by Gasteiger charge is -2.38. The molecule has 3 unspecified atom stereocenters. The molecule has 0 spiro atoms. The van der Waals surface area contributed by atoms with E-state index in [-0.39, 0.29) is 11.1 Å². The number of benzene rings is 2. The molecule has 3 atom stereocenters. The summed E-state index contributed by atoms with van der Waals surface area (Å²) >= 11 is 0. The molecule has 1 N–H and O–H groups in total. The Kier molecular flexibility index (Phi) is 6.61. The van der Waals surface area contributed by atoms with Gasteiger partial charge in [-0.25, -0.2) is 9.59 Å². The number of rotatable bonds is 6. The first kappa shape index (κ1) is 21.9. The third-order valence-corrected chi connectivity index (χ3v) is 4.61. The Morgan fingerprint density at radius 3 is 2.00 bits per heavy atom. The molecule has 0 saturated heterocycles. The van der Waals surface area contributed by atoms with Crippen LogP contribution in [0.3, 0.4) is 0 Å². The SMILES string of the molecule is CC(=O)OC1C(OC(=O)c2ccccc2)C=CC(=O)C1(O)COC(=O)c1ccccc1. The summed E-state index contributed by atoms with van der Waals surface area (Å²) in [7, 11) is 0. The van der Waals surface area contributed by atoms with Crippen LogP contribution < -0.4 is 0 Å². The maximum absolute atomic E-state index is 12.5. The minimum Gasteiger partial charge on any atom is -0.458 e. The number of hydrogen-bond donors (Lipinski definition) is 1. The van der Waals surface area contributed by atoms with Gasteiger partial charge in [-0.1, -0.05) is 36.4 Å². The summed E-state index contributed by atoms with van der Waals surface area (Å²) < 4.78 is 15.6. The van der Waals surface area contributed by atoms with Crippen LogP contribution in [0.4, 0.5) is 0 Å². The minimum absolute atomic E-state index is 0.209. The van der Waals surface area contributed by atoms with E-state index in [1.54, 1.807) is 36.4 Å². The molecule has 31 heavy (non-hydrogen) atoms. The normalized spacial score (nSPS) is 22.5. The number of esters is 3.